The minimum atomic E-state index is -1.25. The maximum atomic E-state index is 12.6. The van der Waals surface area contributed by atoms with E-state index in [4.69, 9.17) is 14.2 Å². The second kappa shape index (κ2) is 10.6. The van der Waals surface area contributed by atoms with E-state index in [0.29, 0.717) is 0 Å². The average molecular weight is 465 g/mol. The van der Waals surface area contributed by atoms with Gasteiger partial charge in [0.1, 0.15) is 25.6 Å². The van der Waals surface area contributed by atoms with Gasteiger partial charge in [0.25, 0.3) is 5.82 Å². The van der Waals surface area contributed by atoms with Gasteiger partial charge in [0.2, 0.25) is 5.76 Å². The zero-order chi connectivity index (χ0) is 23.9. The highest BCUT2D eigenvalue weighted by molar-refractivity contribution is 5.89. The number of carbonyl (C=O) groups excluding carboxylic acids is 2. The van der Waals surface area contributed by atoms with Crippen LogP contribution in [0.4, 0.5) is 0 Å². The van der Waals surface area contributed by atoms with Gasteiger partial charge in [-0.05, 0) is 11.1 Å². The number of hydrogen-bond acceptors (Lipinski definition) is 9. The zero-order valence-electron chi connectivity index (χ0n) is 18.4. The highest BCUT2D eigenvalue weighted by Gasteiger charge is 2.42. The highest BCUT2D eigenvalue weighted by atomic mass is 16.6. The van der Waals surface area contributed by atoms with Gasteiger partial charge in [-0.25, -0.2) is 19.3 Å². The number of hydrogen-bond donors (Lipinski definition) is 1. The van der Waals surface area contributed by atoms with E-state index in [1.54, 1.807) is 0 Å². The van der Waals surface area contributed by atoms with Gasteiger partial charge in [-0.2, -0.15) is 0 Å². The summed E-state index contributed by atoms with van der Waals surface area (Å²) in [5.74, 6) is -1.61. The molecule has 0 aliphatic carbocycles. The first kappa shape index (κ1) is 23.0. The number of ether oxygens (including phenoxy) is 4. The van der Waals surface area contributed by atoms with Gasteiger partial charge in [-0.1, -0.05) is 60.7 Å². The van der Waals surface area contributed by atoms with Crippen molar-refractivity contribution in [3.63, 3.8) is 0 Å². The molecule has 2 heterocycles. The molecule has 2 atom stereocenters. The molecule has 2 aromatic carbocycles. The normalized spacial score (nSPS) is 16.2. The third-order valence-corrected chi connectivity index (χ3v) is 4.99. The third kappa shape index (κ3) is 5.41. The van der Waals surface area contributed by atoms with E-state index in [2.05, 4.69) is 14.8 Å². The summed E-state index contributed by atoms with van der Waals surface area (Å²) in [6.07, 6.45) is -1.11. The molecule has 1 aromatic heterocycles. The molecule has 1 N–H and O–H groups in total. The average Bonchev–Trinajstić information content (AvgIpc) is 3.46. The molecule has 0 saturated carbocycles. The molecule has 0 radical (unpaired) electrons. The van der Waals surface area contributed by atoms with Gasteiger partial charge in [-0.15, -0.1) is 5.10 Å². The number of rotatable bonds is 10. The molecule has 0 bridgehead atoms. The molecule has 0 amide bonds. The molecule has 176 valence electrons. The first-order valence-electron chi connectivity index (χ1n) is 10.5. The predicted octanol–water partition coefficient (Wildman–Crippen LogP) is 2.00. The molecule has 0 saturated heterocycles. The van der Waals surface area contributed by atoms with E-state index >= 15 is 0 Å². The number of benzene rings is 2. The Hall–Kier alpha value is -4.18. The minimum Gasteiger partial charge on any atom is -0.485 e. The number of aliphatic hydroxyl groups is 1. The molecular formula is C24H23N3O7. The molecule has 0 spiro atoms. The number of aliphatic hydroxyl groups excluding tert-OH is 1. The first-order chi connectivity index (χ1) is 16.5. The lowest BCUT2D eigenvalue weighted by Gasteiger charge is -2.20. The molecule has 1 aliphatic heterocycles. The number of aromatic nitrogens is 3. The Morgan fingerprint density at radius 1 is 1.06 bits per heavy atom. The van der Waals surface area contributed by atoms with Crippen LogP contribution in [0.5, 0.6) is 0 Å². The Kier molecular flexibility index (Phi) is 7.19. The maximum Gasteiger partial charge on any atom is 0.378 e. The van der Waals surface area contributed by atoms with Gasteiger partial charge in [0, 0.05) is 0 Å². The molecule has 34 heavy (non-hydrogen) atoms. The summed E-state index contributed by atoms with van der Waals surface area (Å²) in [5.41, 5.74) is 1.72. The lowest BCUT2D eigenvalue weighted by molar-refractivity contribution is -0.148. The van der Waals surface area contributed by atoms with Crippen molar-refractivity contribution in [3.8, 4) is 0 Å². The summed E-state index contributed by atoms with van der Waals surface area (Å²) in [6.45, 7) is 0.147. The molecule has 3 aromatic rings. The lowest BCUT2D eigenvalue weighted by atomic mass is 10.1. The van der Waals surface area contributed by atoms with Crippen LogP contribution in [-0.4, -0.2) is 51.1 Å². The fraction of sp³-hybridized carbons (Fsp3) is 0.250. The van der Waals surface area contributed by atoms with Crippen molar-refractivity contribution >= 4 is 11.9 Å². The van der Waals surface area contributed by atoms with Crippen molar-refractivity contribution in [2.45, 2.75) is 32.0 Å². The van der Waals surface area contributed by atoms with Crippen molar-refractivity contribution in [1.82, 2.24) is 14.8 Å². The lowest BCUT2D eigenvalue weighted by Crippen LogP contribution is -2.33. The van der Waals surface area contributed by atoms with E-state index in [9.17, 15) is 14.7 Å². The van der Waals surface area contributed by atoms with Crippen LogP contribution >= 0.6 is 0 Å². The van der Waals surface area contributed by atoms with Crippen molar-refractivity contribution < 1.29 is 33.6 Å². The third-order valence-electron chi connectivity index (χ3n) is 4.99. The van der Waals surface area contributed by atoms with Gasteiger partial charge in [0.05, 0.1) is 13.7 Å². The fourth-order valence-corrected chi connectivity index (χ4v) is 3.30. The van der Waals surface area contributed by atoms with Gasteiger partial charge in [-0.3, -0.25) is 0 Å². The number of cyclic esters (lactones) is 1. The van der Waals surface area contributed by atoms with E-state index in [1.807, 2.05) is 60.7 Å². The van der Waals surface area contributed by atoms with E-state index < -0.39 is 24.1 Å². The Morgan fingerprint density at radius 3 is 2.29 bits per heavy atom. The summed E-state index contributed by atoms with van der Waals surface area (Å²) < 4.78 is 22.9. The molecule has 4 rings (SSSR count). The summed E-state index contributed by atoms with van der Waals surface area (Å²) in [5, 5.41) is 14.8. The number of nitrogens with zero attached hydrogens (tertiary/aromatic N) is 3. The SMILES string of the molecule is COC(=O)c1ncn(C[C@H](O)[C@H]2OC(=O)C(OCc3ccccc3)=C2OCc2ccccc2)n1. The summed E-state index contributed by atoms with van der Waals surface area (Å²) in [7, 11) is 1.22. The van der Waals surface area contributed by atoms with Crippen LogP contribution in [0, 0.1) is 0 Å². The van der Waals surface area contributed by atoms with Gasteiger partial charge in [0.15, 0.2) is 11.9 Å². The molecule has 0 fully saturated rings. The Bertz CT molecular complexity index is 1160. The van der Waals surface area contributed by atoms with Crippen molar-refractivity contribution in [2.24, 2.45) is 0 Å². The Labute approximate surface area is 195 Å². The minimum absolute atomic E-state index is 0.0885. The smallest absolute Gasteiger partial charge is 0.378 e. The fourth-order valence-electron chi connectivity index (χ4n) is 3.30. The molecule has 0 unspecified atom stereocenters. The summed E-state index contributed by atoms with van der Waals surface area (Å²) in [6, 6.07) is 18.7. The van der Waals surface area contributed by atoms with Crippen LogP contribution in [-0.2, 0) is 43.5 Å². The Morgan fingerprint density at radius 2 is 1.68 bits per heavy atom. The predicted molar refractivity (Wildman–Crippen MR) is 117 cm³/mol. The van der Waals surface area contributed by atoms with E-state index in [-0.39, 0.29) is 37.1 Å². The largest absolute Gasteiger partial charge is 0.485 e. The molecule has 10 heteroatoms. The van der Waals surface area contributed by atoms with Crippen LogP contribution in [0.3, 0.4) is 0 Å². The standard InChI is InChI=1S/C24H23N3O7/c1-31-24(30)22-25-15-27(26-22)12-18(28)19-20(32-13-16-8-4-2-5-9-16)21(23(29)34-19)33-14-17-10-6-3-7-11-17/h2-11,15,18-19,28H,12-14H2,1H3/t18-,19+/m0/s1. The highest BCUT2D eigenvalue weighted by Crippen LogP contribution is 2.29. The van der Waals surface area contributed by atoms with Crippen molar-refractivity contribution in [3.05, 3.63) is 95.5 Å². The molecule has 10 nitrogen and oxygen atoms in total. The summed E-state index contributed by atoms with van der Waals surface area (Å²) in [4.78, 5) is 28.0. The second-order valence-corrected chi connectivity index (χ2v) is 7.42. The number of carbonyl (C=O) groups is 2. The molecular weight excluding hydrogens is 442 g/mol. The molecule has 1 aliphatic rings. The topological polar surface area (TPSA) is 122 Å². The number of esters is 2. The zero-order valence-corrected chi connectivity index (χ0v) is 18.4. The maximum absolute atomic E-state index is 12.6. The summed E-state index contributed by atoms with van der Waals surface area (Å²) >= 11 is 0. The van der Waals surface area contributed by atoms with Crippen LogP contribution in [0.1, 0.15) is 21.7 Å². The Balaban J connectivity index is 1.53. The van der Waals surface area contributed by atoms with Gasteiger partial charge >= 0.3 is 11.9 Å². The van der Waals surface area contributed by atoms with Crippen molar-refractivity contribution in [1.29, 1.82) is 0 Å². The van der Waals surface area contributed by atoms with Crippen LogP contribution in [0.15, 0.2) is 78.5 Å². The second-order valence-electron chi connectivity index (χ2n) is 7.42. The van der Waals surface area contributed by atoms with Crippen LogP contribution in [0.2, 0.25) is 0 Å². The van der Waals surface area contributed by atoms with Crippen LogP contribution in [0.25, 0.3) is 0 Å². The quantitative estimate of drug-likeness (QED) is 0.448. The van der Waals surface area contributed by atoms with Crippen molar-refractivity contribution in [2.75, 3.05) is 7.11 Å². The van der Waals surface area contributed by atoms with E-state index in [0.717, 1.165) is 11.1 Å². The van der Waals surface area contributed by atoms with Crippen LogP contribution < -0.4 is 0 Å². The first-order valence-corrected chi connectivity index (χ1v) is 10.5. The van der Waals surface area contributed by atoms with Gasteiger partial charge < -0.3 is 24.1 Å². The number of methoxy groups -OCH3 is 1. The van der Waals surface area contributed by atoms with E-state index in [1.165, 1.54) is 18.1 Å². The monoisotopic (exact) mass is 465 g/mol.